The molecule has 4 saturated carbocycles. The van der Waals surface area contributed by atoms with Crippen molar-refractivity contribution in [2.75, 3.05) is 7.11 Å². The van der Waals surface area contributed by atoms with E-state index in [1.54, 1.807) is 0 Å². The fourth-order valence-electron chi connectivity index (χ4n) is 7.96. The normalized spacial score (nSPS) is 55.1. The standard InChI is InChI=1S/C20H33NO4/c1-19-10-13(25-3)6-4-12(19)5-7-14-15-8-9-17(21(23)24)20(15,2)11-16(22)18(14)19/h12-18,22H,4-11H2,1-3H3. The topological polar surface area (TPSA) is 72.6 Å². The van der Waals surface area contributed by atoms with E-state index in [-0.39, 0.29) is 21.7 Å². The Bertz CT molecular complexity index is 554. The number of hydrogen-bond donors (Lipinski definition) is 1. The summed E-state index contributed by atoms with van der Waals surface area (Å²) in [6.07, 6.45) is 7.87. The molecule has 4 fully saturated rings. The number of rotatable bonds is 2. The van der Waals surface area contributed by atoms with Crippen LogP contribution in [0.4, 0.5) is 0 Å². The molecule has 25 heavy (non-hydrogen) atoms. The molecule has 5 heteroatoms. The van der Waals surface area contributed by atoms with Gasteiger partial charge < -0.3 is 9.84 Å². The number of methoxy groups -OCH3 is 1. The molecule has 1 N–H and O–H groups in total. The highest BCUT2D eigenvalue weighted by Crippen LogP contribution is 2.66. The van der Waals surface area contributed by atoms with Gasteiger partial charge in [0, 0.05) is 23.9 Å². The minimum absolute atomic E-state index is 0.0675. The number of fused-ring (bicyclic) bond motifs is 5. The van der Waals surface area contributed by atoms with Crippen molar-refractivity contribution in [2.24, 2.45) is 34.5 Å². The van der Waals surface area contributed by atoms with Crippen LogP contribution in [0.3, 0.4) is 0 Å². The first-order valence-corrected chi connectivity index (χ1v) is 10.2. The zero-order valence-corrected chi connectivity index (χ0v) is 15.8. The number of aliphatic hydroxyl groups is 1. The van der Waals surface area contributed by atoms with E-state index in [1.807, 2.05) is 7.11 Å². The molecule has 4 rings (SSSR count). The summed E-state index contributed by atoms with van der Waals surface area (Å²) in [5.41, 5.74) is -0.210. The lowest BCUT2D eigenvalue weighted by Gasteiger charge is -2.61. The summed E-state index contributed by atoms with van der Waals surface area (Å²) in [5.74, 6) is 1.80. The van der Waals surface area contributed by atoms with E-state index >= 15 is 0 Å². The fraction of sp³-hybridized carbons (Fsp3) is 1.00. The lowest BCUT2D eigenvalue weighted by atomic mass is 9.44. The van der Waals surface area contributed by atoms with E-state index in [4.69, 9.17) is 4.74 Å². The average molecular weight is 351 g/mol. The minimum atomic E-state index is -0.475. The molecule has 0 amide bonds. The highest BCUT2D eigenvalue weighted by Gasteiger charge is 2.65. The molecule has 0 aliphatic heterocycles. The van der Waals surface area contributed by atoms with Gasteiger partial charge in [-0.05, 0) is 74.0 Å². The van der Waals surface area contributed by atoms with E-state index in [0.29, 0.717) is 36.7 Å². The van der Waals surface area contributed by atoms with Crippen molar-refractivity contribution in [3.05, 3.63) is 10.1 Å². The van der Waals surface area contributed by atoms with Crippen molar-refractivity contribution in [3.63, 3.8) is 0 Å². The summed E-state index contributed by atoms with van der Waals surface area (Å²) in [4.78, 5) is 11.5. The first kappa shape index (κ1) is 17.7. The van der Waals surface area contributed by atoms with Gasteiger partial charge in [-0.1, -0.05) is 13.8 Å². The van der Waals surface area contributed by atoms with Gasteiger partial charge in [0.2, 0.25) is 6.04 Å². The third-order valence-electron chi connectivity index (χ3n) is 9.04. The summed E-state index contributed by atoms with van der Waals surface area (Å²) >= 11 is 0. The Morgan fingerprint density at radius 3 is 2.44 bits per heavy atom. The number of nitrogens with zero attached hydrogens (tertiary/aromatic N) is 1. The Kier molecular flexibility index (Phi) is 4.19. The number of nitro groups is 1. The summed E-state index contributed by atoms with van der Waals surface area (Å²) in [7, 11) is 1.81. The molecule has 9 unspecified atom stereocenters. The number of aliphatic hydroxyl groups excluding tert-OH is 1. The van der Waals surface area contributed by atoms with E-state index < -0.39 is 12.1 Å². The molecule has 142 valence electrons. The Labute approximate surface area is 150 Å². The number of hydrogen-bond acceptors (Lipinski definition) is 4. The second-order valence-electron chi connectivity index (χ2n) is 9.87. The molecule has 4 aliphatic carbocycles. The largest absolute Gasteiger partial charge is 0.393 e. The van der Waals surface area contributed by atoms with Crippen molar-refractivity contribution in [2.45, 2.75) is 83.5 Å². The maximum absolute atomic E-state index is 11.6. The van der Waals surface area contributed by atoms with Crippen molar-refractivity contribution in [1.82, 2.24) is 0 Å². The molecule has 0 bridgehead atoms. The van der Waals surface area contributed by atoms with Gasteiger partial charge in [0.25, 0.3) is 0 Å². The highest BCUT2D eigenvalue weighted by atomic mass is 16.6. The Balaban J connectivity index is 1.67. The van der Waals surface area contributed by atoms with E-state index in [1.165, 1.54) is 12.8 Å². The SMILES string of the molecule is COC1CCC2CCC3C4CCC([N+](=O)[O-])C4(C)CC(O)C3C2(C)C1. The van der Waals surface area contributed by atoms with Crippen LogP contribution in [0.5, 0.6) is 0 Å². The van der Waals surface area contributed by atoms with Gasteiger partial charge in [0.05, 0.1) is 12.2 Å². The maximum Gasteiger partial charge on any atom is 0.218 e. The average Bonchev–Trinajstić information content (AvgIpc) is 2.90. The predicted molar refractivity (Wildman–Crippen MR) is 94.7 cm³/mol. The molecule has 5 nitrogen and oxygen atoms in total. The lowest BCUT2D eigenvalue weighted by molar-refractivity contribution is -0.541. The van der Waals surface area contributed by atoms with E-state index in [0.717, 1.165) is 25.7 Å². The Morgan fingerprint density at radius 1 is 1.04 bits per heavy atom. The second kappa shape index (κ2) is 5.91. The van der Waals surface area contributed by atoms with Gasteiger partial charge in [0.1, 0.15) is 0 Å². The molecule has 0 aromatic carbocycles. The third kappa shape index (κ3) is 2.41. The molecule has 9 atom stereocenters. The second-order valence-corrected chi connectivity index (χ2v) is 9.87. The molecule has 0 saturated heterocycles. The molecule has 0 aromatic heterocycles. The van der Waals surface area contributed by atoms with Crippen molar-refractivity contribution < 1.29 is 14.8 Å². The van der Waals surface area contributed by atoms with Crippen LogP contribution < -0.4 is 0 Å². The predicted octanol–water partition coefficient (Wildman–Crippen LogP) is 3.66. The first-order chi connectivity index (χ1) is 11.8. The Hall–Kier alpha value is -0.680. The van der Waals surface area contributed by atoms with Crippen LogP contribution in [-0.4, -0.2) is 35.4 Å². The lowest BCUT2D eigenvalue weighted by Crippen LogP contribution is -2.60. The zero-order chi connectivity index (χ0) is 18.0. The smallest absolute Gasteiger partial charge is 0.218 e. The molecule has 0 spiro atoms. The molecule has 4 aliphatic rings. The van der Waals surface area contributed by atoms with E-state index in [9.17, 15) is 15.2 Å². The Morgan fingerprint density at radius 2 is 1.76 bits per heavy atom. The number of ether oxygens (including phenoxy) is 1. The molecule has 0 radical (unpaired) electrons. The highest BCUT2D eigenvalue weighted by molar-refractivity contribution is 5.12. The summed E-state index contributed by atoms with van der Waals surface area (Å²) in [5, 5.41) is 22.8. The molecule has 0 aromatic rings. The van der Waals surface area contributed by atoms with Crippen LogP contribution in [0, 0.1) is 44.6 Å². The van der Waals surface area contributed by atoms with Crippen LogP contribution in [-0.2, 0) is 4.74 Å². The monoisotopic (exact) mass is 351 g/mol. The van der Waals surface area contributed by atoms with Crippen LogP contribution in [0.2, 0.25) is 0 Å². The van der Waals surface area contributed by atoms with Gasteiger partial charge in [-0.15, -0.1) is 0 Å². The maximum atomic E-state index is 11.6. The van der Waals surface area contributed by atoms with Crippen LogP contribution in [0.25, 0.3) is 0 Å². The zero-order valence-electron chi connectivity index (χ0n) is 15.8. The molecular weight excluding hydrogens is 318 g/mol. The van der Waals surface area contributed by atoms with Crippen molar-refractivity contribution in [1.29, 1.82) is 0 Å². The van der Waals surface area contributed by atoms with Crippen molar-refractivity contribution >= 4 is 0 Å². The van der Waals surface area contributed by atoms with Crippen LogP contribution in [0.1, 0.15) is 65.2 Å². The molecular formula is C20H33NO4. The third-order valence-corrected chi connectivity index (χ3v) is 9.04. The summed E-state index contributed by atoms with van der Waals surface area (Å²) in [6, 6.07) is -0.475. The summed E-state index contributed by atoms with van der Waals surface area (Å²) in [6.45, 7) is 4.47. The quantitative estimate of drug-likeness (QED) is 0.609. The van der Waals surface area contributed by atoms with E-state index in [2.05, 4.69) is 13.8 Å². The fourth-order valence-corrected chi connectivity index (χ4v) is 7.96. The van der Waals surface area contributed by atoms with Gasteiger partial charge >= 0.3 is 0 Å². The van der Waals surface area contributed by atoms with Gasteiger partial charge in [-0.25, -0.2) is 0 Å². The van der Waals surface area contributed by atoms with Crippen LogP contribution in [0.15, 0.2) is 0 Å². The van der Waals surface area contributed by atoms with Crippen LogP contribution >= 0.6 is 0 Å². The molecule has 0 heterocycles. The van der Waals surface area contributed by atoms with Crippen molar-refractivity contribution in [3.8, 4) is 0 Å². The first-order valence-electron chi connectivity index (χ1n) is 10.2. The van der Waals surface area contributed by atoms with Gasteiger partial charge in [-0.2, -0.15) is 0 Å². The summed E-state index contributed by atoms with van der Waals surface area (Å²) < 4.78 is 5.70. The minimum Gasteiger partial charge on any atom is -0.393 e. The van der Waals surface area contributed by atoms with Gasteiger partial charge in [0.15, 0.2) is 0 Å². The van der Waals surface area contributed by atoms with Gasteiger partial charge in [-0.3, -0.25) is 10.1 Å².